The van der Waals surface area contributed by atoms with E-state index in [0.29, 0.717) is 17.5 Å². The summed E-state index contributed by atoms with van der Waals surface area (Å²) in [6.45, 7) is 0. The molecule has 3 heterocycles. The fourth-order valence-electron chi connectivity index (χ4n) is 7.64. The molecular formula is C49H29N3O2. The summed E-state index contributed by atoms with van der Waals surface area (Å²) >= 11 is 0. The molecule has 0 aliphatic heterocycles. The number of hydrogen-bond donors (Lipinski definition) is 0. The Morgan fingerprint density at radius 1 is 0.296 bits per heavy atom. The molecule has 0 fully saturated rings. The minimum absolute atomic E-state index is 0.607. The second-order valence-electron chi connectivity index (χ2n) is 13.6. The molecule has 0 spiro atoms. The summed E-state index contributed by atoms with van der Waals surface area (Å²) < 4.78 is 13.1. The van der Waals surface area contributed by atoms with E-state index in [0.717, 1.165) is 88.2 Å². The maximum atomic E-state index is 6.61. The van der Waals surface area contributed by atoms with Crippen LogP contribution in [0.25, 0.3) is 111 Å². The predicted molar refractivity (Wildman–Crippen MR) is 219 cm³/mol. The Balaban J connectivity index is 1.05. The van der Waals surface area contributed by atoms with Gasteiger partial charge in [0.1, 0.15) is 22.3 Å². The van der Waals surface area contributed by atoms with E-state index < -0.39 is 0 Å². The van der Waals surface area contributed by atoms with Crippen molar-refractivity contribution in [2.45, 2.75) is 0 Å². The van der Waals surface area contributed by atoms with Gasteiger partial charge in [-0.15, -0.1) is 0 Å². The number of benzene rings is 8. The maximum absolute atomic E-state index is 6.61. The lowest BCUT2D eigenvalue weighted by Crippen LogP contribution is -2.00. The average Bonchev–Trinajstić information content (AvgIpc) is 3.80. The van der Waals surface area contributed by atoms with Crippen molar-refractivity contribution in [3.63, 3.8) is 0 Å². The Morgan fingerprint density at radius 3 is 1.52 bits per heavy atom. The van der Waals surface area contributed by atoms with Crippen LogP contribution in [-0.4, -0.2) is 15.0 Å². The molecule has 0 aliphatic carbocycles. The fourth-order valence-corrected chi connectivity index (χ4v) is 7.64. The van der Waals surface area contributed by atoms with E-state index in [2.05, 4.69) is 103 Å². The first-order valence-electron chi connectivity index (χ1n) is 18.0. The first-order valence-corrected chi connectivity index (χ1v) is 18.0. The van der Waals surface area contributed by atoms with Crippen LogP contribution in [0.1, 0.15) is 0 Å². The summed E-state index contributed by atoms with van der Waals surface area (Å²) in [6.07, 6.45) is 0. The minimum Gasteiger partial charge on any atom is -0.456 e. The molecule has 0 N–H and O–H groups in total. The molecule has 0 saturated heterocycles. The quantitative estimate of drug-likeness (QED) is 0.180. The van der Waals surface area contributed by atoms with Gasteiger partial charge >= 0.3 is 0 Å². The highest BCUT2D eigenvalue weighted by Crippen LogP contribution is 2.42. The van der Waals surface area contributed by atoms with Crippen LogP contribution in [0.15, 0.2) is 185 Å². The fraction of sp³-hybridized carbons (Fsp3) is 0. The van der Waals surface area contributed by atoms with Gasteiger partial charge in [-0.3, -0.25) is 0 Å². The van der Waals surface area contributed by atoms with Gasteiger partial charge in [0.25, 0.3) is 0 Å². The number of nitrogens with zero attached hydrogens (tertiary/aromatic N) is 3. The maximum Gasteiger partial charge on any atom is 0.164 e. The Morgan fingerprint density at radius 2 is 0.833 bits per heavy atom. The summed E-state index contributed by atoms with van der Waals surface area (Å²) in [5.41, 5.74) is 10.5. The highest BCUT2D eigenvalue weighted by atomic mass is 16.3. The van der Waals surface area contributed by atoms with Gasteiger partial charge in [0.05, 0.1) is 0 Å². The normalized spacial score (nSPS) is 11.7. The molecule has 0 unspecified atom stereocenters. The minimum atomic E-state index is 0.607. The van der Waals surface area contributed by atoms with Gasteiger partial charge in [-0.05, 0) is 87.6 Å². The number of aromatic nitrogens is 3. The van der Waals surface area contributed by atoms with Crippen LogP contribution in [0.3, 0.4) is 0 Å². The first-order chi connectivity index (χ1) is 26.7. The van der Waals surface area contributed by atoms with Crippen molar-refractivity contribution in [2.75, 3.05) is 0 Å². The number of rotatable bonds is 5. The van der Waals surface area contributed by atoms with Crippen molar-refractivity contribution in [2.24, 2.45) is 0 Å². The SMILES string of the molecule is c1ccc(-c2nc(-c3ccccc3)nc(-c3ccc4oc5cc(-c6cc(-c7ccccc7)c7c(c6)oc6cc8ccccc8cc67)ccc5c4c3)n2)cc1. The third kappa shape index (κ3) is 5.06. The van der Waals surface area contributed by atoms with Crippen LogP contribution in [0.5, 0.6) is 0 Å². The topological polar surface area (TPSA) is 65.0 Å². The molecule has 11 aromatic rings. The molecule has 5 heteroatoms. The summed E-state index contributed by atoms with van der Waals surface area (Å²) in [5, 5.41) is 6.61. The van der Waals surface area contributed by atoms with Gasteiger partial charge < -0.3 is 8.83 Å². The average molecular weight is 692 g/mol. The Hall–Kier alpha value is -7.37. The lowest BCUT2D eigenvalue weighted by Gasteiger charge is -2.09. The third-order valence-corrected chi connectivity index (χ3v) is 10.3. The molecule has 0 saturated carbocycles. The van der Waals surface area contributed by atoms with Crippen molar-refractivity contribution < 1.29 is 8.83 Å². The standard InChI is InChI=1S/C49H29N3O2/c1-4-12-30(13-5-1)39-26-37(29-45-46(39)41-24-33-18-10-11-19-34(33)27-44(41)54-45)35-20-22-38-40-25-36(21-23-42(40)53-43(38)28-35)49-51-47(31-14-6-2-7-15-31)50-48(52-49)32-16-8-3-9-17-32/h1-29H. The zero-order chi connectivity index (χ0) is 35.6. The largest absolute Gasteiger partial charge is 0.456 e. The van der Waals surface area contributed by atoms with E-state index in [1.165, 1.54) is 5.39 Å². The molecule has 11 rings (SSSR count). The van der Waals surface area contributed by atoms with Crippen molar-refractivity contribution in [3.05, 3.63) is 176 Å². The van der Waals surface area contributed by atoms with Gasteiger partial charge in [-0.1, -0.05) is 121 Å². The highest BCUT2D eigenvalue weighted by molar-refractivity contribution is 6.17. The lowest BCUT2D eigenvalue weighted by atomic mass is 9.93. The molecule has 8 aromatic carbocycles. The van der Waals surface area contributed by atoms with Crippen molar-refractivity contribution in [1.82, 2.24) is 15.0 Å². The van der Waals surface area contributed by atoms with Crippen LogP contribution >= 0.6 is 0 Å². The van der Waals surface area contributed by atoms with E-state index >= 15 is 0 Å². The smallest absolute Gasteiger partial charge is 0.164 e. The number of furan rings is 2. The summed E-state index contributed by atoms with van der Waals surface area (Å²) in [7, 11) is 0. The van der Waals surface area contributed by atoms with E-state index in [1.807, 2.05) is 72.8 Å². The molecule has 0 amide bonds. The van der Waals surface area contributed by atoms with E-state index in [4.69, 9.17) is 23.8 Å². The lowest BCUT2D eigenvalue weighted by molar-refractivity contribution is 0.668. The second kappa shape index (κ2) is 12.1. The van der Waals surface area contributed by atoms with Crippen LogP contribution < -0.4 is 0 Å². The third-order valence-electron chi connectivity index (χ3n) is 10.3. The van der Waals surface area contributed by atoms with E-state index in [9.17, 15) is 0 Å². The molecular weight excluding hydrogens is 663 g/mol. The molecule has 5 nitrogen and oxygen atoms in total. The zero-order valence-corrected chi connectivity index (χ0v) is 28.9. The predicted octanol–water partition coefficient (Wildman–Crippen LogP) is 13.2. The Labute approximate surface area is 309 Å². The van der Waals surface area contributed by atoms with Crippen LogP contribution in [0.2, 0.25) is 0 Å². The van der Waals surface area contributed by atoms with Gasteiger partial charge in [0.2, 0.25) is 0 Å². The van der Waals surface area contributed by atoms with E-state index in [1.54, 1.807) is 0 Å². The Kier molecular flexibility index (Phi) is 6.79. The summed E-state index contributed by atoms with van der Waals surface area (Å²) in [6, 6.07) is 60.5. The zero-order valence-electron chi connectivity index (χ0n) is 28.9. The monoisotopic (exact) mass is 691 g/mol. The number of hydrogen-bond acceptors (Lipinski definition) is 5. The van der Waals surface area contributed by atoms with Gasteiger partial charge in [0.15, 0.2) is 17.5 Å². The molecule has 0 aliphatic rings. The summed E-state index contributed by atoms with van der Waals surface area (Å²) in [5.74, 6) is 1.87. The van der Waals surface area contributed by atoms with Crippen LogP contribution in [0.4, 0.5) is 0 Å². The van der Waals surface area contributed by atoms with Crippen LogP contribution in [0, 0.1) is 0 Å². The molecule has 3 aromatic heterocycles. The second-order valence-corrected chi connectivity index (χ2v) is 13.6. The van der Waals surface area contributed by atoms with Gasteiger partial charge in [0, 0.05) is 38.2 Å². The van der Waals surface area contributed by atoms with Gasteiger partial charge in [-0.2, -0.15) is 0 Å². The molecule has 0 radical (unpaired) electrons. The molecule has 0 bridgehead atoms. The highest BCUT2D eigenvalue weighted by Gasteiger charge is 2.18. The Bertz CT molecular complexity index is 3150. The van der Waals surface area contributed by atoms with Crippen LogP contribution in [-0.2, 0) is 0 Å². The van der Waals surface area contributed by atoms with E-state index in [-0.39, 0.29) is 0 Å². The number of fused-ring (bicyclic) bond motifs is 7. The van der Waals surface area contributed by atoms with Crippen molar-refractivity contribution >= 4 is 54.6 Å². The summed E-state index contributed by atoms with van der Waals surface area (Å²) in [4.78, 5) is 14.8. The first kappa shape index (κ1) is 30.3. The molecule has 54 heavy (non-hydrogen) atoms. The van der Waals surface area contributed by atoms with Crippen molar-refractivity contribution in [1.29, 1.82) is 0 Å². The molecule has 252 valence electrons. The molecule has 0 atom stereocenters. The van der Waals surface area contributed by atoms with Crippen molar-refractivity contribution in [3.8, 4) is 56.4 Å². The van der Waals surface area contributed by atoms with Gasteiger partial charge in [-0.25, -0.2) is 15.0 Å².